The number of quaternary nitrogens is 1. The Kier molecular flexibility index (Phi) is 9.26. The number of likely N-dealkylation sites (N-methyl/N-ethyl adjacent to an activating group) is 1. The molecule has 0 aromatic heterocycles. The van der Waals surface area contributed by atoms with E-state index in [0.29, 0.717) is 11.0 Å². The molecule has 0 saturated carbocycles. The Morgan fingerprint density at radius 3 is 2.26 bits per heavy atom. The van der Waals surface area contributed by atoms with Gasteiger partial charge in [0.1, 0.15) is 6.54 Å². The lowest BCUT2D eigenvalue weighted by Crippen LogP contribution is -2.45. The van der Waals surface area contributed by atoms with Crippen molar-refractivity contribution in [3.8, 4) is 0 Å². The van der Waals surface area contributed by atoms with E-state index in [1.807, 2.05) is 21.1 Å². The maximum Gasteiger partial charge on any atom is 0.328 e. The molecule has 128 valence electrons. The quantitative estimate of drug-likeness (QED) is 0.260. The molecule has 1 atom stereocenters. The smallest absolute Gasteiger partial charge is 0.328 e. The fourth-order valence-electron chi connectivity index (χ4n) is 1.68. The highest BCUT2D eigenvalue weighted by atomic mass is 16.5. The van der Waals surface area contributed by atoms with Gasteiger partial charge in [-0.2, -0.15) is 0 Å². The first kappa shape index (κ1) is 20.6. The molecule has 0 aliphatic carbocycles. The van der Waals surface area contributed by atoms with E-state index in [2.05, 4.69) is 0 Å². The van der Waals surface area contributed by atoms with Crippen molar-refractivity contribution in [2.75, 3.05) is 27.7 Å². The molecule has 0 aromatic carbocycles. The number of rotatable bonds is 10. The standard InChI is InChI=1S/C16H23NO6/c1-17(2,3)12-13(11-15(20)21)23-16(22)10-8-6-4-5-7-9-14(18)19/h4-9,13H,10-12H2,1-3H3,(H-,18,19,20,21)/b5-4+,8-6+,9-7+. The summed E-state index contributed by atoms with van der Waals surface area (Å²) in [6.45, 7) is 0.364. The summed E-state index contributed by atoms with van der Waals surface area (Å²) in [5.74, 6) is -2.84. The minimum Gasteiger partial charge on any atom is -0.550 e. The molecule has 0 fully saturated rings. The molecule has 0 aliphatic rings. The summed E-state index contributed by atoms with van der Waals surface area (Å²) in [5.41, 5.74) is 0. The highest BCUT2D eigenvalue weighted by Gasteiger charge is 2.21. The summed E-state index contributed by atoms with van der Waals surface area (Å²) in [4.78, 5) is 32.6. The predicted molar refractivity (Wildman–Crippen MR) is 82.1 cm³/mol. The SMILES string of the molecule is C[N+](C)(C)CC(CC(=O)[O-])OC(=O)C/C=C/C=C/C=C/C(=O)O. The summed E-state index contributed by atoms with van der Waals surface area (Å²) in [5, 5.41) is 19.1. The zero-order valence-electron chi connectivity index (χ0n) is 13.6. The van der Waals surface area contributed by atoms with Crippen molar-refractivity contribution < 1.29 is 33.8 Å². The Morgan fingerprint density at radius 1 is 1.13 bits per heavy atom. The Balaban J connectivity index is 4.36. The van der Waals surface area contributed by atoms with Gasteiger partial charge in [0.25, 0.3) is 0 Å². The molecule has 7 nitrogen and oxygen atoms in total. The molecular weight excluding hydrogens is 302 g/mol. The van der Waals surface area contributed by atoms with Crippen LogP contribution in [0.4, 0.5) is 0 Å². The van der Waals surface area contributed by atoms with Crippen molar-refractivity contribution in [2.45, 2.75) is 18.9 Å². The third kappa shape index (κ3) is 14.3. The number of esters is 1. The van der Waals surface area contributed by atoms with Crippen molar-refractivity contribution in [2.24, 2.45) is 0 Å². The van der Waals surface area contributed by atoms with Crippen LogP contribution >= 0.6 is 0 Å². The number of carboxylic acids is 2. The third-order valence-electron chi connectivity index (χ3n) is 2.44. The van der Waals surface area contributed by atoms with Crippen LogP contribution < -0.4 is 5.11 Å². The van der Waals surface area contributed by atoms with Gasteiger partial charge in [-0.15, -0.1) is 0 Å². The van der Waals surface area contributed by atoms with Crippen molar-refractivity contribution in [3.63, 3.8) is 0 Å². The van der Waals surface area contributed by atoms with Crippen LogP contribution in [0.3, 0.4) is 0 Å². The topological polar surface area (TPSA) is 104 Å². The molecule has 0 saturated heterocycles. The van der Waals surface area contributed by atoms with Crippen LogP contribution in [0.2, 0.25) is 0 Å². The number of nitrogens with zero attached hydrogens (tertiary/aromatic N) is 1. The number of allylic oxidation sites excluding steroid dienone is 4. The Morgan fingerprint density at radius 2 is 1.74 bits per heavy atom. The lowest BCUT2D eigenvalue weighted by atomic mass is 10.2. The molecule has 0 spiro atoms. The molecule has 7 heteroatoms. The largest absolute Gasteiger partial charge is 0.550 e. The van der Waals surface area contributed by atoms with Crippen molar-refractivity contribution in [3.05, 3.63) is 36.5 Å². The van der Waals surface area contributed by atoms with Crippen LogP contribution in [0.5, 0.6) is 0 Å². The number of carboxylic acid groups (broad SMARTS) is 2. The molecule has 0 radical (unpaired) electrons. The average molecular weight is 325 g/mol. The summed E-state index contributed by atoms with van der Waals surface area (Å²) in [6.07, 6.45) is 7.42. The Bertz CT molecular complexity index is 499. The van der Waals surface area contributed by atoms with Gasteiger partial charge in [-0.1, -0.05) is 30.4 Å². The normalized spacial score (nSPS) is 13.7. The van der Waals surface area contributed by atoms with Gasteiger partial charge in [0.2, 0.25) is 0 Å². The number of hydrogen-bond donors (Lipinski definition) is 1. The van der Waals surface area contributed by atoms with Crippen molar-refractivity contribution in [1.82, 2.24) is 0 Å². The number of hydrogen-bond acceptors (Lipinski definition) is 5. The van der Waals surface area contributed by atoms with Gasteiger partial charge in [-0.05, 0) is 0 Å². The number of ether oxygens (including phenoxy) is 1. The number of carbonyl (C=O) groups excluding carboxylic acids is 2. The van der Waals surface area contributed by atoms with Gasteiger partial charge >= 0.3 is 11.9 Å². The summed E-state index contributed by atoms with van der Waals surface area (Å²) in [7, 11) is 5.60. The zero-order chi connectivity index (χ0) is 17.9. The van der Waals surface area contributed by atoms with Gasteiger partial charge < -0.3 is 24.2 Å². The lowest BCUT2D eigenvalue weighted by molar-refractivity contribution is -0.873. The second-order valence-corrected chi connectivity index (χ2v) is 5.88. The predicted octanol–water partition coefficient (Wildman–Crippen LogP) is -0.112. The van der Waals surface area contributed by atoms with E-state index in [0.717, 1.165) is 6.08 Å². The second-order valence-electron chi connectivity index (χ2n) is 5.88. The van der Waals surface area contributed by atoms with Crippen LogP contribution in [-0.2, 0) is 19.1 Å². The van der Waals surface area contributed by atoms with E-state index in [1.54, 1.807) is 12.2 Å². The van der Waals surface area contributed by atoms with Crippen LogP contribution in [0, 0.1) is 0 Å². The summed E-state index contributed by atoms with van der Waals surface area (Å²) in [6, 6.07) is 0. The molecular formula is C16H23NO6. The van der Waals surface area contributed by atoms with Crippen LogP contribution in [-0.4, -0.2) is 61.3 Å². The van der Waals surface area contributed by atoms with Crippen LogP contribution in [0.1, 0.15) is 12.8 Å². The van der Waals surface area contributed by atoms with Gasteiger partial charge in [-0.3, -0.25) is 4.79 Å². The van der Waals surface area contributed by atoms with E-state index < -0.39 is 24.0 Å². The van der Waals surface area contributed by atoms with Gasteiger partial charge in [0, 0.05) is 18.5 Å². The summed E-state index contributed by atoms with van der Waals surface area (Å²) >= 11 is 0. The number of carbonyl (C=O) groups is 3. The molecule has 0 aromatic rings. The molecule has 0 bridgehead atoms. The third-order valence-corrected chi connectivity index (χ3v) is 2.44. The van der Waals surface area contributed by atoms with Crippen molar-refractivity contribution in [1.29, 1.82) is 0 Å². The molecule has 0 heterocycles. The highest BCUT2D eigenvalue weighted by molar-refractivity contribution is 5.80. The fraction of sp³-hybridized carbons (Fsp3) is 0.438. The maximum absolute atomic E-state index is 11.7. The van der Waals surface area contributed by atoms with E-state index in [-0.39, 0.29) is 12.8 Å². The van der Waals surface area contributed by atoms with Gasteiger partial charge in [-0.25, -0.2) is 4.79 Å². The lowest BCUT2D eigenvalue weighted by Gasteiger charge is -2.29. The number of aliphatic carboxylic acids is 2. The minimum atomic E-state index is -1.26. The highest BCUT2D eigenvalue weighted by Crippen LogP contribution is 2.06. The summed E-state index contributed by atoms with van der Waals surface area (Å²) < 4.78 is 5.61. The Labute approximate surface area is 135 Å². The molecule has 0 amide bonds. The van der Waals surface area contributed by atoms with Gasteiger partial charge in [0.15, 0.2) is 6.10 Å². The first-order chi connectivity index (χ1) is 10.6. The van der Waals surface area contributed by atoms with Crippen LogP contribution in [0.15, 0.2) is 36.5 Å². The Hall–Kier alpha value is -2.41. The monoisotopic (exact) mass is 325 g/mol. The van der Waals surface area contributed by atoms with E-state index in [1.165, 1.54) is 18.2 Å². The molecule has 0 rings (SSSR count). The van der Waals surface area contributed by atoms with Crippen molar-refractivity contribution >= 4 is 17.9 Å². The van der Waals surface area contributed by atoms with E-state index in [4.69, 9.17) is 9.84 Å². The first-order valence-corrected chi connectivity index (χ1v) is 7.02. The minimum absolute atomic E-state index is 0.00627. The molecule has 23 heavy (non-hydrogen) atoms. The average Bonchev–Trinajstić information content (AvgIpc) is 2.34. The van der Waals surface area contributed by atoms with Crippen LogP contribution in [0.25, 0.3) is 0 Å². The fourth-order valence-corrected chi connectivity index (χ4v) is 1.68. The van der Waals surface area contributed by atoms with E-state index >= 15 is 0 Å². The van der Waals surface area contributed by atoms with Gasteiger partial charge in [0.05, 0.1) is 27.6 Å². The first-order valence-electron chi connectivity index (χ1n) is 7.02. The molecule has 0 aliphatic heterocycles. The maximum atomic E-state index is 11.7. The zero-order valence-corrected chi connectivity index (χ0v) is 13.6. The second kappa shape index (κ2) is 10.3. The molecule has 1 unspecified atom stereocenters. The van der Waals surface area contributed by atoms with E-state index in [9.17, 15) is 19.5 Å². The molecule has 1 N–H and O–H groups in total.